The lowest BCUT2D eigenvalue weighted by Gasteiger charge is -2.46. The summed E-state index contributed by atoms with van der Waals surface area (Å²) in [5, 5.41) is 0. The standard InChI is InChI=1S/C27H38O18/c1-11(28)36-9-18-20(38-12(2)29)23(41-15(5)32)25(43-17(7)34)27(45-18)37-10-19-21(39-13(3)30)22(40-14(4)31)24(42-16(6)33)26(35-8)44-19/h18-27H,9-10H2,1-8H3/t18-,19-,20+,21-,22+,23+,24-,25-,26-,27-/m1/s1. The van der Waals surface area contributed by atoms with Crippen LogP contribution in [0.4, 0.5) is 0 Å². The highest BCUT2D eigenvalue weighted by Gasteiger charge is 2.55. The Labute approximate surface area is 258 Å². The fraction of sp³-hybridized carbons (Fsp3) is 0.741. The van der Waals surface area contributed by atoms with Crippen LogP contribution in [0.1, 0.15) is 48.5 Å². The van der Waals surface area contributed by atoms with Gasteiger partial charge in [0.05, 0.1) is 6.61 Å². The Morgan fingerprint density at radius 3 is 1.16 bits per heavy atom. The van der Waals surface area contributed by atoms with E-state index in [1.165, 1.54) is 7.11 Å². The third-order valence-electron chi connectivity index (χ3n) is 6.10. The maximum atomic E-state index is 12.1. The second-order valence-corrected chi connectivity index (χ2v) is 9.90. The van der Waals surface area contributed by atoms with Crippen molar-refractivity contribution >= 4 is 41.8 Å². The summed E-state index contributed by atoms with van der Waals surface area (Å²) in [6.45, 7) is 6.49. The summed E-state index contributed by atoms with van der Waals surface area (Å²) >= 11 is 0. The Morgan fingerprint density at radius 2 is 0.778 bits per heavy atom. The number of esters is 7. The van der Waals surface area contributed by atoms with Gasteiger partial charge in [-0.1, -0.05) is 0 Å². The fourth-order valence-electron chi connectivity index (χ4n) is 4.69. The van der Waals surface area contributed by atoms with E-state index in [9.17, 15) is 33.6 Å². The average Bonchev–Trinajstić information content (AvgIpc) is 2.90. The molecule has 0 radical (unpaired) electrons. The van der Waals surface area contributed by atoms with Gasteiger partial charge in [-0.3, -0.25) is 33.6 Å². The molecule has 2 rings (SSSR count). The Bertz CT molecular complexity index is 1110. The summed E-state index contributed by atoms with van der Waals surface area (Å²) in [4.78, 5) is 83.6. The largest absolute Gasteiger partial charge is 0.463 e. The van der Waals surface area contributed by atoms with Crippen LogP contribution in [0.5, 0.6) is 0 Å². The molecule has 2 heterocycles. The first-order chi connectivity index (χ1) is 21.0. The monoisotopic (exact) mass is 650 g/mol. The van der Waals surface area contributed by atoms with Crippen molar-refractivity contribution in [2.75, 3.05) is 20.3 Å². The molecule has 0 aromatic heterocycles. The molecular formula is C27H38O18. The van der Waals surface area contributed by atoms with Crippen LogP contribution >= 0.6 is 0 Å². The molecule has 0 unspecified atom stereocenters. The van der Waals surface area contributed by atoms with E-state index in [1.807, 2.05) is 0 Å². The predicted molar refractivity (Wildman–Crippen MR) is 140 cm³/mol. The molecule has 0 bridgehead atoms. The summed E-state index contributed by atoms with van der Waals surface area (Å²) in [7, 11) is 1.22. The van der Waals surface area contributed by atoms with Crippen molar-refractivity contribution in [3.8, 4) is 0 Å². The first-order valence-electron chi connectivity index (χ1n) is 13.7. The van der Waals surface area contributed by atoms with E-state index < -0.39 is 116 Å². The number of hydrogen-bond donors (Lipinski definition) is 0. The molecule has 0 saturated carbocycles. The van der Waals surface area contributed by atoms with Gasteiger partial charge in [0.1, 0.15) is 18.8 Å². The number of carbonyl (C=O) groups excluding carboxylic acids is 7. The lowest BCUT2D eigenvalue weighted by molar-refractivity contribution is -0.332. The molecule has 10 atom stereocenters. The number of hydrogen-bond acceptors (Lipinski definition) is 18. The molecule has 0 aromatic carbocycles. The average molecular weight is 651 g/mol. The molecule has 45 heavy (non-hydrogen) atoms. The van der Waals surface area contributed by atoms with E-state index in [4.69, 9.17) is 52.1 Å². The molecule has 2 aliphatic heterocycles. The molecule has 0 spiro atoms. The van der Waals surface area contributed by atoms with Gasteiger partial charge in [-0.15, -0.1) is 0 Å². The third-order valence-corrected chi connectivity index (χ3v) is 6.10. The van der Waals surface area contributed by atoms with Crippen LogP contribution in [0, 0.1) is 0 Å². The van der Waals surface area contributed by atoms with Gasteiger partial charge in [0.15, 0.2) is 49.2 Å². The molecule has 0 N–H and O–H groups in total. The first kappa shape index (κ1) is 37.3. The molecule has 2 fully saturated rings. The van der Waals surface area contributed by atoms with E-state index in [-0.39, 0.29) is 0 Å². The van der Waals surface area contributed by atoms with Crippen molar-refractivity contribution in [1.29, 1.82) is 0 Å². The van der Waals surface area contributed by atoms with E-state index in [0.717, 1.165) is 48.5 Å². The van der Waals surface area contributed by atoms with Gasteiger partial charge in [0.2, 0.25) is 0 Å². The van der Waals surface area contributed by atoms with Crippen molar-refractivity contribution in [2.24, 2.45) is 0 Å². The van der Waals surface area contributed by atoms with Crippen LogP contribution < -0.4 is 0 Å². The van der Waals surface area contributed by atoms with Crippen LogP contribution in [-0.2, 0) is 85.7 Å². The molecule has 2 aliphatic rings. The van der Waals surface area contributed by atoms with Gasteiger partial charge in [-0.05, 0) is 0 Å². The van der Waals surface area contributed by atoms with Crippen LogP contribution in [0.3, 0.4) is 0 Å². The number of ether oxygens (including phenoxy) is 11. The zero-order valence-corrected chi connectivity index (χ0v) is 26.0. The Balaban J connectivity index is 2.51. The summed E-state index contributed by atoms with van der Waals surface area (Å²) < 4.78 is 60.1. The Morgan fingerprint density at radius 1 is 0.444 bits per heavy atom. The molecule has 0 aromatic rings. The Kier molecular flexibility index (Phi) is 14.1. The minimum atomic E-state index is -1.61. The zero-order chi connectivity index (χ0) is 34.0. The van der Waals surface area contributed by atoms with Crippen molar-refractivity contribution in [3.05, 3.63) is 0 Å². The molecule has 0 amide bonds. The van der Waals surface area contributed by atoms with Gasteiger partial charge in [-0.2, -0.15) is 0 Å². The van der Waals surface area contributed by atoms with Gasteiger partial charge < -0.3 is 52.1 Å². The molecule has 18 heteroatoms. The second kappa shape index (κ2) is 17.0. The van der Waals surface area contributed by atoms with E-state index in [1.54, 1.807) is 0 Å². The third kappa shape index (κ3) is 11.2. The van der Waals surface area contributed by atoms with E-state index in [2.05, 4.69) is 0 Å². The van der Waals surface area contributed by atoms with Gasteiger partial charge in [0, 0.05) is 55.6 Å². The highest BCUT2D eigenvalue weighted by molar-refractivity contribution is 5.69. The van der Waals surface area contributed by atoms with E-state index >= 15 is 0 Å². The van der Waals surface area contributed by atoms with Crippen LogP contribution in [-0.4, -0.2) is 124 Å². The summed E-state index contributed by atoms with van der Waals surface area (Å²) in [5.74, 6) is -5.67. The normalized spacial score (nSPS) is 31.0. The summed E-state index contributed by atoms with van der Waals surface area (Å²) in [5.41, 5.74) is 0. The molecule has 2 saturated heterocycles. The lowest BCUT2D eigenvalue weighted by atomic mass is 9.97. The van der Waals surface area contributed by atoms with Crippen LogP contribution in [0.15, 0.2) is 0 Å². The van der Waals surface area contributed by atoms with Crippen molar-refractivity contribution < 1.29 is 85.7 Å². The van der Waals surface area contributed by atoms with Crippen LogP contribution in [0.2, 0.25) is 0 Å². The first-order valence-corrected chi connectivity index (χ1v) is 13.7. The van der Waals surface area contributed by atoms with Crippen molar-refractivity contribution in [3.63, 3.8) is 0 Å². The molecule has 18 nitrogen and oxygen atoms in total. The number of methoxy groups -OCH3 is 1. The van der Waals surface area contributed by atoms with Crippen molar-refractivity contribution in [1.82, 2.24) is 0 Å². The minimum Gasteiger partial charge on any atom is -0.463 e. The lowest BCUT2D eigenvalue weighted by Crippen LogP contribution is -2.65. The maximum Gasteiger partial charge on any atom is 0.303 e. The molecule has 0 aliphatic carbocycles. The van der Waals surface area contributed by atoms with Crippen LogP contribution in [0.25, 0.3) is 0 Å². The maximum absolute atomic E-state index is 12.1. The summed E-state index contributed by atoms with van der Waals surface area (Å²) in [6.07, 6.45) is -14.3. The highest BCUT2D eigenvalue weighted by atomic mass is 16.8. The smallest absolute Gasteiger partial charge is 0.303 e. The molecule has 254 valence electrons. The topological polar surface area (TPSA) is 221 Å². The quantitative estimate of drug-likeness (QED) is 0.187. The minimum absolute atomic E-state index is 0.502. The number of rotatable bonds is 12. The molecular weight excluding hydrogens is 612 g/mol. The van der Waals surface area contributed by atoms with Crippen molar-refractivity contribution in [2.45, 2.75) is 110 Å². The summed E-state index contributed by atoms with van der Waals surface area (Å²) in [6, 6.07) is 0. The van der Waals surface area contributed by atoms with E-state index in [0.29, 0.717) is 0 Å². The van der Waals surface area contributed by atoms with Gasteiger partial charge in [0.25, 0.3) is 0 Å². The van der Waals surface area contributed by atoms with Gasteiger partial charge >= 0.3 is 41.8 Å². The predicted octanol–water partition coefficient (Wildman–Crippen LogP) is -0.747. The SMILES string of the molecule is CO[C@@H]1O[C@H](CO[C@@H]2O[C@H](COC(C)=O)[C@H](OC(C)=O)[C@H](OC(C)=O)[C@H]2OC(C)=O)[C@@H](OC(C)=O)[C@H](OC(C)=O)[C@H]1OC(C)=O. The van der Waals surface area contributed by atoms with Gasteiger partial charge in [-0.25, -0.2) is 0 Å². The zero-order valence-electron chi connectivity index (χ0n) is 26.0. The Hall–Kier alpha value is -3.87. The second-order valence-electron chi connectivity index (χ2n) is 9.90. The fourth-order valence-corrected chi connectivity index (χ4v) is 4.69. The highest BCUT2D eigenvalue weighted by Crippen LogP contribution is 2.33. The number of carbonyl (C=O) groups is 7.